The first-order chi connectivity index (χ1) is 35.5. The lowest BCUT2D eigenvalue weighted by Crippen LogP contribution is -2.45. The molecule has 0 aromatic heterocycles. The van der Waals surface area contributed by atoms with Crippen molar-refractivity contribution in [3.05, 3.63) is 0 Å². The highest BCUT2D eigenvalue weighted by atomic mass is 16.5. The molecule has 0 spiro atoms. The van der Waals surface area contributed by atoms with E-state index in [4.69, 9.17) is 4.74 Å². The summed E-state index contributed by atoms with van der Waals surface area (Å²) in [5.41, 5.74) is 0. The van der Waals surface area contributed by atoms with Crippen molar-refractivity contribution in [3.8, 4) is 0 Å². The van der Waals surface area contributed by atoms with Crippen LogP contribution in [0.3, 0.4) is 0 Å². The molecule has 0 fully saturated rings. The van der Waals surface area contributed by atoms with E-state index < -0.39 is 12.1 Å². The third-order valence-electron chi connectivity index (χ3n) is 15.9. The van der Waals surface area contributed by atoms with E-state index in [2.05, 4.69) is 19.2 Å². The van der Waals surface area contributed by atoms with Crippen LogP contribution in [0.2, 0.25) is 0 Å². The summed E-state index contributed by atoms with van der Waals surface area (Å²) >= 11 is 0. The summed E-state index contributed by atoms with van der Waals surface area (Å²) in [6.07, 6.45) is 74.2. The number of amides is 1. The molecule has 0 aliphatic rings. The zero-order valence-corrected chi connectivity index (χ0v) is 49.2. The maximum atomic E-state index is 12.5. The molecule has 1 amide bonds. The van der Waals surface area contributed by atoms with Crippen molar-refractivity contribution in [2.24, 2.45) is 0 Å². The Labute approximate surface area is 451 Å². The molecule has 0 aliphatic carbocycles. The number of aliphatic hydroxyl groups is 2. The molecule has 6 heteroatoms. The number of esters is 1. The minimum Gasteiger partial charge on any atom is -0.466 e. The van der Waals surface area contributed by atoms with E-state index in [1.807, 2.05) is 0 Å². The van der Waals surface area contributed by atoms with Crippen molar-refractivity contribution in [2.75, 3.05) is 13.2 Å². The van der Waals surface area contributed by atoms with E-state index in [9.17, 15) is 19.8 Å². The van der Waals surface area contributed by atoms with E-state index in [0.29, 0.717) is 25.9 Å². The summed E-state index contributed by atoms with van der Waals surface area (Å²) in [6.45, 7) is 4.99. The van der Waals surface area contributed by atoms with Gasteiger partial charge < -0.3 is 20.3 Å². The molecule has 0 aromatic rings. The van der Waals surface area contributed by atoms with Crippen LogP contribution < -0.4 is 5.32 Å². The number of aliphatic hydroxyl groups excluding tert-OH is 2. The van der Waals surface area contributed by atoms with Crippen molar-refractivity contribution < 1.29 is 24.5 Å². The van der Waals surface area contributed by atoms with Crippen LogP contribution >= 0.6 is 0 Å². The Morgan fingerprint density at radius 2 is 0.569 bits per heavy atom. The average Bonchev–Trinajstić information content (AvgIpc) is 3.38. The van der Waals surface area contributed by atoms with Gasteiger partial charge in [-0.05, 0) is 25.7 Å². The van der Waals surface area contributed by atoms with Gasteiger partial charge >= 0.3 is 5.97 Å². The van der Waals surface area contributed by atoms with Crippen molar-refractivity contribution in [1.82, 2.24) is 5.32 Å². The van der Waals surface area contributed by atoms with Gasteiger partial charge in [0.05, 0.1) is 25.4 Å². The van der Waals surface area contributed by atoms with Crippen LogP contribution in [0.4, 0.5) is 0 Å². The number of hydrogen-bond donors (Lipinski definition) is 3. The molecule has 0 aromatic carbocycles. The molecule has 2 atom stereocenters. The van der Waals surface area contributed by atoms with Gasteiger partial charge in [0.2, 0.25) is 5.91 Å². The fourth-order valence-electron chi connectivity index (χ4n) is 10.8. The fourth-order valence-corrected chi connectivity index (χ4v) is 10.8. The van der Waals surface area contributed by atoms with E-state index in [1.165, 1.54) is 315 Å². The highest BCUT2D eigenvalue weighted by Gasteiger charge is 2.20. The number of ether oxygens (including phenoxy) is 1. The standard InChI is InChI=1S/C66H131NO5/c1-3-5-7-9-11-13-15-17-19-32-36-40-44-48-52-56-60-66(71)72-61-57-53-49-45-41-37-33-30-28-26-24-22-20-21-23-25-27-29-31-35-39-43-47-51-55-59-65(70)67-63(62-68)64(69)58-54-50-46-42-38-34-18-16-14-12-10-8-6-4-2/h63-64,68-69H,3-62H2,1-2H3,(H,67,70). The smallest absolute Gasteiger partial charge is 0.305 e. The average molecular weight is 1020 g/mol. The van der Waals surface area contributed by atoms with Crippen LogP contribution in [0.1, 0.15) is 386 Å². The van der Waals surface area contributed by atoms with Crippen molar-refractivity contribution in [2.45, 2.75) is 398 Å². The number of rotatable bonds is 63. The quantitative estimate of drug-likeness (QED) is 0.0417. The van der Waals surface area contributed by atoms with Crippen LogP contribution in [-0.2, 0) is 14.3 Å². The summed E-state index contributed by atoms with van der Waals surface area (Å²) in [5, 5.41) is 23.3. The lowest BCUT2D eigenvalue weighted by Gasteiger charge is -2.22. The van der Waals surface area contributed by atoms with Crippen LogP contribution in [0.5, 0.6) is 0 Å². The Morgan fingerprint density at radius 1 is 0.333 bits per heavy atom. The molecule has 0 rings (SSSR count). The molecule has 0 saturated heterocycles. The van der Waals surface area contributed by atoms with E-state index in [-0.39, 0.29) is 18.5 Å². The van der Waals surface area contributed by atoms with Crippen LogP contribution in [0.25, 0.3) is 0 Å². The van der Waals surface area contributed by atoms with Gasteiger partial charge in [-0.2, -0.15) is 0 Å². The predicted molar refractivity (Wildman–Crippen MR) is 315 cm³/mol. The monoisotopic (exact) mass is 1020 g/mol. The molecule has 0 heterocycles. The highest BCUT2D eigenvalue weighted by molar-refractivity contribution is 5.76. The molecular weight excluding hydrogens is 887 g/mol. The Kier molecular flexibility index (Phi) is 61.4. The topological polar surface area (TPSA) is 95.9 Å². The largest absolute Gasteiger partial charge is 0.466 e. The van der Waals surface area contributed by atoms with Crippen LogP contribution in [0, 0.1) is 0 Å². The molecule has 0 saturated carbocycles. The Bertz CT molecular complexity index is 1040. The third-order valence-corrected chi connectivity index (χ3v) is 15.9. The molecule has 0 bridgehead atoms. The van der Waals surface area contributed by atoms with E-state index in [0.717, 1.165) is 38.5 Å². The fraction of sp³-hybridized carbons (Fsp3) is 0.970. The summed E-state index contributed by atoms with van der Waals surface area (Å²) in [6, 6.07) is -0.538. The zero-order valence-electron chi connectivity index (χ0n) is 49.2. The van der Waals surface area contributed by atoms with Gasteiger partial charge in [-0.15, -0.1) is 0 Å². The normalized spacial score (nSPS) is 12.4. The third kappa shape index (κ3) is 58.1. The second-order valence-corrected chi connectivity index (χ2v) is 23.2. The van der Waals surface area contributed by atoms with Crippen molar-refractivity contribution in [3.63, 3.8) is 0 Å². The van der Waals surface area contributed by atoms with Gasteiger partial charge in [0, 0.05) is 12.8 Å². The van der Waals surface area contributed by atoms with Gasteiger partial charge in [-0.1, -0.05) is 348 Å². The molecule has 3 N–H and O–H groups in total. The Morgan fingerprint density at radius 3 is 0.847 bits per heavy atom. The first kappa shape index (κ1) is 70.9. The molecule has 6 nitrogen and oxygen atoms in total. The molecule has 0 radical (unpaired) electrons. The SMILES string of the molecule is CCCCCCCCCCCCCCCCCCC(=O)OCCCCCCCCCCCCCCCCCCCCCCCCCCCC(=O)NC(CO)C(O)CCCCCCCCCCCCCCCC. The molecule has 430 valence electrons. The van der Waals surface area contributed by atoms with Gasteiger partial charge in [-0.3, -0.25) is 9.59 Å². The maximum Gasteiger partial charge on any atom is 0.305 e. The van der Waals surface area contributed by atoms with Gasteiger partial charge in [0.25, 0.3) is 0 Å². The van der Waals surface area contributed by atoms with Crippen LogP contribution in [0.15, 0.2) is 0 Å². The Balaban J connectivity index is 3.32. The van der Waals surface area contributed by atoms with Gasteiger partial charge in [-0.25, -0.2) is 0 Å². The highest BCUT2D eigenvalue weighted by Crippen LogP contribution is 2.19. The molecule has 0 aliphatic heterocycles. The van der Waals surface area contributed by atoms with Gasteiger partial charge in [0.15, 0.2) is 0 Å². The number of nitrogens with one attached hydrogen (secondary N) is 1. The first-order valence-electron chi connectivity index (χ1n) is 33.3. The first-order valence-corrected chi connectivity index (χ1v) is 33.3. The summed E-state index contributed by atoms with van der Waals surface area (Å²) in [4.78, 5) is 24.6. The lowest BCUT2D eigenvalue weighted by molar-refractivity contribution is -0.143. The zero-order chi connectivity index (χ0) is 52.2. The van der Waals surface area contributed by atoms with Gasteiger partial charge in [0.1, 0.15) is 0 Å². The summed E-state index contributed by atoms with van der Waals surface area (Å²) in [7, 11) is 0. The lowest BCUT2D eigenvalue weighted by atomic mass is 10.0. The number of hydrogen-bond acceptors (Lipinski definition) is 5. The molecule has 2 unspecified atom stereocenters. The summed E-state index contributed by atoms with van der Waals surface area (Å²) in [5.74, 6) is -0.00915. The molecular formula is C66H131NO5. The minimum atomic E-state index is -0.661. The second kappa shape index (κ2) is 62.4. The Hall–Kier alpha value is -1.14. The van der Waals surface area contributed by atoms with E-state index >= 15 is 0 Å². The van der Waals surface area contributed by atoms with Crippen molar-refractivity contribution >= 4 is 11.9 Å². The predicted octanol–water partition coefficient (Wildman–Crippen LogP) is 21.0. The second-order valence-electron chi connectivity index (χ2n) is 23.2. The van der Waals surface area contributed by atoms with Crippen LogP contribution in [-0.4, -0.2) is 47.4 Å². The number of carbonyl (C=O) groups is 2. The number of unbranched alkanes of at least 4 members (excludes halogenated alkanes) is 52. The minimum absolute atomic E-state index is 0.0210. The van der Waals surface area contributed by atoms with E-state index in [1.54, 1.807) is 0 Å². The summed E-state index contributed by atoms with van der Waals surface area (Å²) < 4.78 is 5.50. The maximum absolute atomic E-state index is 12.5. The molecule has 72 heavy (non-hydrogen) atoms. The number of carbonyl (C=O) groups excluding carboxylic acids is 2. The van der Waals surface area contributed by atoms with Crippen molar-refractivity contribution in [1.29, 1.82) is 0 Å².